The summed E-state index contributed by atoms with van der Waals surface area (Å²) in [7, 11) is 0. The van der Waals surface area contributed by atoms with E-state index in [1.54, 1.807) is 0 Å². The lowest BCUT2D eigenvalue weighted by Gasteiger charge is -2.37. The van der Waals surface area contributed by atoms with Crippen molar-refractivity contribution in [1.82, 2.24) is 0 Å². The molecular formula is C4H6O4. The Labute approximate surface area is 46.3 Å². The lowest BCUT2D eigenvalue weighted by Crippen LogP contribution is -2.49. The Kier molecular flexibility index (Phi) is 0.976. The van der Waals surface area contributed by atoms with Crippen LogP contribution in [0.5, 0.6) is 0 Å². The van der Waals surface area contributed by atoms with E-state index >= 15 is 0 Å². The van der Waals surface area contributed by atoms with Crippen LogP contribution in [0, 0.1) is 0 Å². The average molecular weight is 118 g/mol. The molecule has 4 heteroatoms. The molecule has 2 fully saturated rings. The largest absolute Gasteiger partial charge is 0.321 e. The molecule has 0 aromatic carbocycles. The molecule has 2 saturated heterocycles. The minimum Gasteiger partial charge on any atom is -0.321 e. The lowest BCUT2D eigenvalue weighted by atomic mass is 10.5. The highest BCUT2D eigenvalue weighted by atomic mass is 16.9. The molecule has 0 N–H and O–H groups in total. The van der Waals surface area contributed by atoms with Crippen LogP contribution in [0.2, 0.25) is 0 Å². The van der Waals surface area contributed by atoms with Crippen molar-refractivity contribution in [3.63, 3.8) is 0 Å². The van der Waals surface area contributed by atoms with Gasteiger partial charge in [-0.15, -0.1) is 0 Å². The summed E-state index contributed by atoms with van der Waals surface area (Å²) >= 11 is 0. The van der Waals surface area contributed by atoms with Gasteiger partial charge in [-0.2, -0.15) is 0 Å². The molecule has 2 rings (SSSR count). The van der Waals surface area contributed by atoms with Crippen LogP contribution in [0.1, 0.15) is 0 Å². The molecular weight excluding hydrogens is 112 g/mol. The van der Waals surface area contributed by atoms with Gasteiger partial charge in [0.25, 0.3) is 0 Å². The first-order valence-electron chi connectivity index (χ1n) is 2.43. The van der Waals surface area contributed by atoms with Crippen LogP contribution >= 0.6 is 0 Å². The van der Waals surface area contributed by atoms with Crippen LogP contribution in [0.25, 0.3) is 0 Å². The second kappa shape index (κ2) is 1.66. The van der Waals surface area contributed by atoms with E-state index in [-0.39, 0.29) is 12.6 Å². The zero-order chi connectivity index (χ0) is 5.40. The van der Waals surface area contributed by atoms with Crippen molar-refractivity contribution < 1.29 is 18.9 Å². The minimum atomic E-state index is -0.260. The monoisotopic (exact) mass is 118 g/mol. The third-order valence-electron chi connectivity index (χ3n) is 1.15. The molecule has 0 aliphatic carbocycles. The van der Waals surface area contributed by atoms with Crippen molar-refractivity contribution in [1.29, 1.82) is 0 Å². The summed E-state index contributed by atoms with van der Waals surface area (Å²) in [6.45, 7) is 0.738. The van der Waals surface area contributed by atoms with E-state index in [2.05, 4.69) is 0 Å². The summed E-state index contributed by atoms with van der Waals surface area (Å²) < 4.78 is 19.4. The van der Waals surface area contributed by atoms with Gasteiger partial charge in [-0.05, 0) is 0 Å². The van der Waals surface area contributed by atoms with Gasteiger partial charge in [0.2, 0.25) is 12.6 Å². The topological polar surface area (TPSA) is 36.9 Å². The van der Waals surface area contributed by atoms with Gasteiger partial charge in [0.1, 0.15) is 0 Å². The minimum absolute atomic E-state index is 0.260. The molecule has 0 amide bonds. The van der Waals surface area contributed by atoms with Gasteiger partial charge >= 0.3 is 0 Å². The average Bonchev–Trinajstić information content (AvgIpc) is 1.47. The highest BCUT2D eigenvalue weighted by molar-refractivity contribution is 4.57. The van der Waals surface area contributed by atoms with E-state index in [0.717, 1.165) is 0 Å². The van der Waals surface area contributed by atoms with Crippen LogP contribution < -0.4 is 0 Å². The second-order valence-electron chi connectivity index (χ2n) is 1.64. The summed E-state index contributed by atoms with van der Waals surface area (Å²) in [5, 5.41) is 0. The van der Waals surface area contributed by atoms with Gasteiger partial charge < -0.3 is 18.9 Å². The molecule has 0 saturated carbocycles. The predicted molar refractivity (Wildman–Crippen MR) is 21.6 cm³/mol. The fourth-order valence-corrected chi connectivity index (χ4v) is 0.607. The molecule has 4 nitrogen and oxygen atoms in total. The molecule has 0 atom stereocenters. The van der Waals surface area contributed by atoms with Crippen LogP contribution in [0.4, 0.5) is 0 Å². The van der Waals surface area contributed by atoms with Crippen molar-refractivity contribution in [2.24, 2.45) is 0 Å². The molecule has 0 bridgehead atoms. The highest BCUT2D eigenvalue weighted by Gasteiger charge is 2.35. The Hall–Kier alpha value is -0.160. The molecule has 0 spiro atoms. The first-order chi connectivity index (χ1) is 3.97. The number of hydrogen-bond donors (Lipinski definition) is 0. The van der Waals surface area contributed by atoms with Gasteiger partial charge in [-0.3, -0.25) is 0 Å². The van der Waals surface area contributed by atoms with Crippen LogP contribution in [0.3, 0.4) is 0 Å². The van der Waals surface area contributed by atoms with Gasteiger partial charge in [0.05, 0.1) is 0 Å². The van der Waals surface area contributed by atoms with E-state index in [9.17, 15) is 0 Å². The molecule has 0 aromatic rings. The molecule has 2 aliphatic heterocycles. The van der Waals surface area contributed by atoms with Crippen molar-refractivity contribution >= 4 is 0 Å². The summed E-state index contributed by atoms with van der Waals surface area (Å²) in [4.78, 5) is 0. The zero-order valence-electron chi connectivity index (χ0n) is 4.20. The van der Waals surface area contributed by atoms with Crippen molar-refractivity contribution in [3.05, 3.63) is 0 Å². The van der Waals surface area contributed by atoms with Crippen molar-refractivity contribution in [2.45, 2.75) is 12.6 Å². The predicted octanol–water partition coefficient (Wildman–Crippen LogP) is -0.353. The van der Waals surface area contributed by atoms with E-state index in [1.807, 2.05) is 0 Å². The number of ether oxygens (including phenoxy) is 4. The summed E-state index contributed by atoms with van der Waals surface area (Å²) in [6.07, 6.45) is -0.521. The summed E-state index contributed by atoms with van der Waals surface area (Å²) in [6, 6.07) is 0. The first-order valence-corrected chi connectivity index (χ1v) is 2.43. The Morgan fingerprint density at radius 1 is 0.750 bits per heavy atom. The number of hydrogen-bond acceptors (Lipinski definition) is 4. The van der Waals surface area contributed by atoms with E-state index < -0.39 is 0 Å². The third kappa shape index (κ3) is 0.545. The quantitative estimate of drug-likeness (QED) is 0.471. The maximum atomic E-state index is 4.86. The van der Waals surface area contributed by atoms with Gasteiger partial charge in [0.15, 0.2) is 13.6 Å². The van der Waals surface area contributed by atoms with Crippen LogP contribution in [0.15, 0.2) is 0 Å². The maximum Gasteiger partial charge on any atom is 0.214 e. The highest BCUT2D eigenvalue weighted by Crippen LogP contribution is 2.20. The first kappa shape index (κ1) is 4.69. The molecule has 2 aliphatic rings. The summed E-state index contributed by atoms with van der Waals surface area (Å²) in [5.41, 5.74) is 0. The fourth-order valence-electron chi connectivity index (χ4n) is 0.607. The van der Waals surface area contributed by atoms with E-state index in [1.165, 1.54) is 0 Å². The Bertz CT molecular complexity index is 74.0. The molecule has 0 aromatic heterocycles. The van der Waals surface area contributed by atoms with Crippen LogP contribution in [-0.4, -0.2) is 26.2 Å². The van der Waals surface area contributed by atoms with Gasteiger partial charge in [-0.1, -0.05) is 0 Å². The van der Waals surface area contributed by atoms with E-state index in [0.29, 0.717) is 13.6 Å². The van der Waals surface area contributed by atoms with Gasteiger partial charge in [0, 0.05) is 0 Å². The molecule has 2 heterocycles. The van der Waals surface area contributed by atoms with Crippen LogP contribution in [-0.2, 0) is 18.9 Å². The van der Waals surface area contributed by atoms with E-state index in [4.69, 9.17) is 18.9 Å². The molecule has 46 valence electrons. The lowest BCUT2D eigenvalue weighted by molar-refractivity contribution is -0.453. The van der Waals surface area contributed by atoms with Gasteiger partial charge in [-0.25, -0.2) is 0 Å². The SMILES string of the molecule is C1OC(C2OCO2)O1. The second-order valence-corrected chi connectivity index (χ2v) is 1.64. The Morgan fingerprint density at radius 2 is 1.12 bits per heavy atom. The summed E-state index contributed by atoms with van der Waals surface area (Å²) in [5.74, 6) is 0. The molecule has 0 unspecified atom stereocenters. The molecule has 8 heavy (non-hydrogen) atoms. The van der Waals surface area contributed by atoms with Crippen molar-refractivity contribution in [3.8, 4) is 0 Å². The fraction of sp³-hybridized carbons (Fsp3) is 1.00. The maximum absolute atomic E-state index is 4.86. The van der Waals surface area contributed by atoms with Crippen molar-refractivity contribution in [2.75, 3.05) is 13.6 Å². The normalized spacial score (nSPS) is 31.5. The number of rotatable bonds is 1. The Balaban J connectivity index is 1.79. The zero-order valence-corrected chi connectivity index (χ0v) is 4.20. The standard InChI is InChI=1S/C4H6O4/c1-5-3(6-1)4-7-2-8-4/h3-4H,1-2H2. The third-order valence-corrected chi connectivity index (χ3v) is 1.15. The molecule has 0 radical (unpaired) electrons. The Morgan fingerprint density at radius 3 is 1.25 bits per heavy atom. The smallest absolute Gasteiger partial charge is 0.214 e.